The lowest BCUT2D eigenvalue weighted by atomic mass is 10.3. The average molecular weight is 260 g/mol. The molecule has 0 unspecified atom stereocenters. The maximum atomic E-state index is 4.26. The highest BCUT2D eigenvalue weighted by Crippen LogP contribution is 2.20. The van der Waals surface area contributed by atoms with E-state index >= 15 is 0 Å². The summed E-state index contributed by atoms with van der Waals surface area (Å²) in [6.07, 6.45) is 3.32. The number of anilines is 1. The van der Waals surface area contributed by atoms with E-state index in [1.54, 1.807) is 28.5 Å². The summed E-state index contributed by atoms with van der Waals surface area (Å²) in [4.78, 5) is 13.9. The van der Waals surface area contributed by atoms with Crippen molar-refractivity contribution >= 4 is 28.2 Å². The summed E-state index contributed by atoms with van der Waals surface area (Å²) in [6, 6.07) is 0. The summed E-state index contributed by atoms with van der Waals surface area (Å²) in [5.74, 6) is 0.806. The molecule has 0 amide bonds. The first-order valence-corrected chi connectivity index (χ1v) is 6.39. The zero-order chi connectivity index (χ0) is 12.5. The molecule has 0 spiro atoms. The van der Waals surface area contributed by atoms with Gasteiger partial charge in [0.2, 0.25) is 0 Å². The van der Waals surface area contributed by atoms with Crippen LogP contribution in [-0.4, -0.2) is 24.7 Å². The second-order valence-corrected chi connectivity index (χ2v) is 4.88. The van der Waals surface area contributed by atoms with Crippen molar-refractivity contribution in [2.75, 3.05) is 5.32 Å². The summed E-state index contributed by atoms with van der Waals surface area (Å²) in [6.45, 7) is 2.73. The number of nitrogens with one attached hydrogen (secondary N) is 1. The molecule has 3 heterocycles. The minimum atomic E-state index is 0.720. The van der Waals surface area contributed by atoms with Gasteiger partial charge in [0.05, 0.1) is 29.3 Å². The molecular weight excluding hydrogens is 248 g/mol. The molecule has 0 saturated carbocycles. The fourth-order valence-corrected chi connectivity index (χ4v) is 2.48. The molecule has 0 bridgehead atoms. The highest BCUT2D eigenvalue weighted by molar-refractivity contribution is 7.09. The Balaban J connectivity index is 1.89. The van der Waals surface area contributed by atoms with Gasteiger partial charge in [-0.1, -0.05) is 0 Å². The molecule has 0 aromatic carbocycles. The Bertz CT molecular complexity index is 686. The van der Waals surface area contributed by atoms with Crippen LogP contribution < -0.4 is 5.32 Å². The number of hydrogen-bond acceptors (Lipinski definition) is 6. The smallest absolute Gasteiger partial charge is 0.163 e. The Morgan fingerprint density at radius 2 is 2.22 bits per heavy atom. The fraction of sp³-hybridized carbons (Fsp3) is 0.273. The van der Waals surface area contributed by atoms with Crippen LogP contribution in [0.2, 0.25) is 0 Å². The highest BCUT2D eigenvalue weighted by atomic mass is 32.1. The Labute approximate surface area is 108 Å². The Hall–Kier alpha value is -2.02. The second-order valence-electron chi connectivity index (χ2n) is 3.94. The number of rotatable bonds is 3. The van der Waals surface area contributed by atoms with Gasteiger partial charge in [-0.15, -0.1) is 11.3 Å². The van der Waals surface area contributed by atoms with E-state index in [1.165, 1.54) is 4.88 Å². The molecule has 0 aliphatic heterocycles. The van der Waals surface area contributed by atoms with Crippen molar-refractivity contribution in [3.8, 4) is 0 Å². The third-order valence-electron chi connectivity index (χ3n) is 2.79. The number of fused-ring (bicyclic) bond motifs is 1. The average Bonchev–Trinajstić information content (AvgIpc) is 2.95. The van der Waals surface area contributed by atoms with Gasteiger partial charge in [0.15, 0.2) is 5.65 Å². The predicted molar refractivity (Wildman–Crippen MR) is 70.5 cm³/mol. The topological polar surface area (TPSA) is 68.5 Å². The molecule has 92 valence electrons. The van der Waals surface area contributed by atoms with E-state index in [1.807, 2.05) is 19.5 Å². The van der Waals surface area contributed by atoms with E-state index in [0.29, 0.717) is 0 Å². The van der Waals surface area contributed by atoms with Crippen LogP contribution in [0.25, 0.3) is 11.0 Å². The molecule has 0 fully saturated rings. The first kappa shape index (κ1) is 11.1. The Morgan fingerprint density at radius 1 is 1.33 bits per heavy atom. The molecule has 1 N–H and O–H groups in total. The van der Waals surface area contributed by atoms with E-state index < -0.39 is 0 Å². The zero-order valence-corrected chi connectivity index (χ0v) is 10.9. The van der Waals surface area contributed by atoms with E-state index in [9.17, 15) is 0 Å². The number of aryl methyl sites for hydroxylation is 2. The summed E-state index contributed by atoms with van der Waals surface area (Å²) in [5.41, 5.74) is 3.74. The van der Waals surface area contributed by atoms with E-state index in [0.717, 1.165) is 29.1 Å². The molecule has 0 radical (unpaired) electrons. The lowest BCUT2D eigenvalue weighted by Crippen LogP contribution is -2.02. The van der Waals surface area contributed by atoms with Gasteiger partial charge < -0.3 is 5.32 Å². The summed E-state index contributed by atoms with van der Waals surface area (Å²) in [7, 11) is 1.87. The van der Waals surface area contributed by atoms with Gasteiger partial charge in [0.25, 0.3) is 0 Å². The van der Waals surface area contributed by atoms with Crippen LogP contribution in [-0.2, 0) is 13.6 Å². The molecule has 18 heavy (non-hydrogen) atoms. The number of aromatic nitrogens is 5. The van der Waals surface area contributed by atoms with Crippen LogP contribution in [0, 0.1) is 6.92 Å². The lowest BCUT2D eigenvalue weighted by Gasteiger charge is -2.05. The van der Waals surface area contributed by atoms with Crippen molar-refractivity contribution in [2.24, 2.45) is 7.05 Å². The van der Waals surface area contributed by atoms with Crippen LogP contribution in [0.15, 0.2) is 18.0 Å². The van der Waals surface area contributed by atoms with Crippen molar-refractivity contribution < 1.29 is 0 Å². The summed E-state index contributed by atoms with van der Waals surface area (Å²) in [5, 5.41) is 8.43. The van der Waals surface area contributed by atoms with Crippen LogP contribution in [0.4, 0.5) is 5.82 Å². The number of hydrogen-bond donors (Lipinski definition) is 1. The zero-order valence-electron chi connectivity index (χ0n) is 10.1. The number of thiazole rings is 1. The molecule has 6 nitrogen and oxygen atoms in total. The van der Waals surface area contributed by atoms with Crippen LogP contribution >= 0.6 is 11.3 Å². The van der Waals surface area contributed by atoms with Crippen LogP contribution in [0.1, 0.15) is 10.6 Å². The van der Waals surface area contributed by atoms with Gasteiger partial charge in [-0.05, 0) is 6.92 Å². The molecule has 0 aliphatic rings. The normalized spacial score (nSPS) is 11.0. The quantitative estimate of drug-likeness (QED) is 0.777. The molecule has 3 aromatic rings. The molecule has 3 rings (SSSR count). The molecule has 3 aromatic heterocycles. The minimum absolute atomic E-state index is 0.720. The van der Waals surface area contributed by atoms with Crippen LogP contribution in [0.5, 0.6) is 0 Å². The van der Waals surface area contributed by atoms with Crippen molar-refractivity contribution in [3.05, 3.63) is 28.6 Å². The third-order valence-corrected chi connectivity index (χ3v) is 3.73. The first-order chi connectivity index (χ1) is 8.75. The van der Waals surface area contributed by atoms with Crippen molar-refractivity contribution in [2.45, 2.75) is 13.5 Å². The molecule has 0 atom stereocenters. The maximum absolute atomic E-state index is 4.26. The van der Waals surface area contributed by atoms with Gasteiger partial charge in [0.1, 0.15) is 12.1 Å². The second kappa shape index (κ2) is 4.34. The lowest BCUT2D eigenvalue weighted by molar-refractivity contribution is 0.785. The van der Waals surface area contributed by atoms with Crippen molar-refractivity contribution in [1.29, 1.82) is 0 Å². The third kappa shape index (κ3) is 1.82. The monoisotopic (exact) mass is 260 g/mol. The van der Waals surface area contributed by atoms with Crippen molar-refractivity contribution in [3.63, 3.8) is 0 Å². The van der Waals surface area contributed by atoms with Crippen LogP contribution in [0.3, 0.4) is 0 Å². The summed E-state index contributed by atoms with van der Waals surface area (Å²) >= 11 is 1.64. The molecular formula is C11H12N6S. The van der Waals surface area contributed by atoms with Crippen molar-refractivity contribution in [1.82, 2.24) is 24.7 Å². The van der Waals surface area contributed by atoms with Gasteiger partial charge in [-0.2, -0.15) is 5.10 Å². The molecule has 0 saturated heterocycles. The van der Waals surface area contributed by atoms with E-state index in [2.05, 4.69) is 25.4 Å². The van der Waals surface area contributed by atoms with E-state index in [-0.39, 0.29) is 0 Å². The SMILES string of the molecule is Cc1ncsc1CNc1ncnc2c1cnn2C. The first-order valence-electron chi connectivity index (χ1n) is 5.51. The standard InChI is InChI=1S/C11H12N6S/c1-7-9(18-6-15-7)4-12-10-8-3-16-17(2)11(8)14-5-13-10/h3,5-6H,4H2,1-2H3,(H,12,13,14). The Morgan fingerprint density at radius 3 is 3.00 bits per heavy atom. The largest absolute Gasteiger partial charge is 0.364 e. The fourth-order valence-electron chi connectivity index (χ4n) is 1.76. The maximum Gasteiger partial charge on any atom is 0.163 e. The van der Waals surface area contributed by atoms with Gasteiger partial charge in [-0.25, -0.2) is 15.0 Å². The minimum Gasteiger partial charge on any atom is -0.364 e. The molecule has 7 heteroatoms. The Kier molecular flexibility index (Phi) is 2.67. The predicted octanol–water partition coefficient (Wildman–Crippen LogP) is 1.74. The van der Waals surface area contributed by atoms with Gasteiger partial charge in [-0.3, -0.25) is 4.68 Å². The molecule has 0 aliphatic carbocycles. The summed E-state index contributed by atoms with van der Waals surface area (Å²) < 4.78 is 1.74. The van der Waals surface area contributed by atoms with Gasteiger partial charge >= 0.3 is 0 Å². The highest BCUT2D eigenvalue weighted by Gasteiger charge is 2.08. The van der Waals surface area contributed by atoms with E-state index in [4.69, 9.17) is 0 Å². The number of nitrogens with zero attached hydrogens (tertiary/aromatic N) is 5. The van der Waals surface area contributed by atoms with Gasteiger partial charge in [0, 0.05) is 11.9 Å².